The molecular formula is C14H20N2O4S. The molecule has 0 amide bonds. The molecule has 21 heavy (non-hydrogen) atoms. The molecule has 0 saturated carbocycles. The summed E-state index contributed by atoms with van der Waals surface area (Å²) in [6.45, 7) is 4.30. The van der Waals surface area contributed by atoms with Crippen LogP contribution in [0.4, 0.5) is 0 Å². The number of ether oxygens (including phenoxy) is 1. The van der Waals surface area contributed by atoms with Crippen molar-refractivity contribution in [3.8, 4) is 0 Å². The Bertz CT molecular complexity index is 607. The van der Waals surface area contributed by atoms with Gasteiger partial charge in [0.25, 0.3) is 0 Å². The van der Waals surface area contributed by atoms with Gasteiger partial charge in [0.2, 0.25) is 10.0 Å². The zero-order chi connectivity index (χ0) is 15.5. The van der Waals surface area contributed by atoms with Crippen LogP contribution in [-0.2, 0) is 14.8 Å². The molecule has 0 aliphatic carbocycles. The minimum absolute atomic E-state index is 0.137. The van der Waals surface area contributed by atoms with Crippen LogP contribution in [0.15, 0.2) is 29.2 Å². The molecular weight excluding hydrogens is 292 g/mol. The Kier molecular flexibility index (Phi) is 4.97. The minimum Gasteiger partial charge on any atom is -0.462 e. The van der Waals surface area contributed by atoms with Gasteiger partial charge in [-0.3, -0.25) is 0 Å². The molecule has 1 fully saturated rings. The highest BCUT2D eigenvalue weighted by molar-refractivity contribution is 7.89. The smallest absolute Gasteiger partial charge is 0.338 e. The van der Waals surface area contributed by atoms with Crippen LogP contribution in [0, 0.1) is 0 Å². The highest BCUT2D eigenvalue weighted by Crippen LogP contribution is 2.19. The zero-order valence-corrected chi connectivity index (χ0v) is 13.1. The molecule has 2 rings (SSSR count). The van der Waals surface area contributed by atoms with Gasteiger partial charge in [-0.05, 0) is 32.2 Å². The van der Waals surface area contributed by atoms with E-state index < -0.39 is 16.0 Å². The van der Waals surface area contributed by atoms with E-state index in [2.05, 4.69) is 4.90 Å². The van der Waals surface area contributed by atoms with Crippen molar-refractivity contribution in [3.63, 3.8) is 0 Å². The minimum atomic E-state index is -3.56. The van der Waals surface area contributed by atoms with Crippen LogP contribution < -0.4 is 0 Å². The molecule has 1 aliphatic rings. The third kappa shape index (κ3) is 3.61. The fourth-order valence-electron chi connectivity index (χ4n) is 2.18. The van der Waals surface area contributed by atoms with Crippen molar-refractivity contribution in [1.29, 1.82) is 0 Å². The predicted molar refractivity (Wildman–Crippen MR) is 78.7 cm³/mol. The van der Waals surface area contributed by atoms with Crippen LogP contribution in [0.3, 0.4) is 0 Å². The number of benzene rings is 1. The van der Waals surface area contributed by atoms with Gasteiger partial charge in [0, 0.05) is 26.2 Å². The second-order valence-corrected chi connectivity index (χ2v) is 6.89. The molecule has 0 N–H and O–H groups in total. The number of esters is 1. The molecule has 1 aromatic carbocycles. The van der Waals surface area contributed by atoms with Crippen molar-refractivity contribution < 1.29 is 17.9 Å². The summed E-state index contributed by atoms with van der Waals surface area (Å²) >= 11 is 0. The molecule has 116 valence electrons. The number of rotatable bonds is 4. The summed E-state index contributed by atoms with van der Waals surface area (Å²) in [5.74, 6) is -0.507. The van der Waals surface area contributed by atoms with Crippen molar-refractivity contribution in [1.82, 2.24) is 9.21 Å². The second-order valence-electron chi connectivity index (χ2n) is 4.96. The van der Waals surface area contributed by atoms with Gasteiger partial charge in [0.05, 0.1) is 17.1 Å². The number of carbonyl (C=O) groups is 1. The normalized spacial score (nSPS) is 17.6. The maximum absolute atomic E-state index is 12.6. The molecule has 7 heteroatoms. The van der Waals surface area contributed by atoms with Gasteiger partial charge in [-0.1, -0.05) is 6.07 Å². The van der Waals surface area contributed by atoms with Crippen molar-refractivity contribution in [2.24, 2.45) is 0 Å². The first-order valence-electron chi connectivity index (χ1n) is 6.91. The Hall–Kier alpha value is -1.44. The molecule has 0 spiro atoms. The molecule has 6 nitrogen and oxygen atoms in total. The van der Waals surface area contributed by atoms with Crippen LogP contribution in [0.5, 0.6) is 0 Å². The lowest BCUT2D eigenvalue weighted by molar-refractivity contribution is 0.0526. The molecule has 1 aromatic rings. The predicted octanol–water partition coefficient (Wildman–Crippen LogP) is 0.799. The highest BCUT2D eigenvalue weighted by Gasteiger charge is 2.27. The lowest BCUT2D eigenvalue weighted by atomic mass is 10.2. The van der Waals surface area contributed by atoms with Crippen LogP contribution in [0.1, 0.15) is 17.3 Å². The summed E-state index contributed by atoms with van der Waals surface area (Å²) in [4.78, 5) is 13.9. The summed E-state index contributed by atoms with van der Waals surface area (Å²) in [7, 11) is -1.59. The number of hydrogen-bond acceptors (Lipinski definition) is 5. The summed E-state index contributed by atoms with van der Waals surface area (Å²) in [5, 5.41) is 0. The number of carbonyl (C=O) groups excluding carboxylic acids is 1. The molecule has 1 heterocycles. The molecule has 1 saturated heterocycles. The number of sulfonamides is 1. The first kappa shape index (κ1) is 15.9. The maximum atomic E-state index is 12.6. The van der Waals surface area contributed by atoms with Crippen LogP contribution >= 0.6 is 0 Å². The van der Waals surface area contributed by atoms with Crippen LogP contribution in [-0.4, -0.2) is 63.4 Å². The van der Waals surface area contributed by atoms with E-state index in [4.69, 9.17) is 4.74 Å². The van der Waals surface area contributed by atoms with E-state index in [0.29, 0.717) is 26.2 Å². The van der Waals surface area contributed by atoms with Crippen LogP contribution in [0.25, 0.3) is 0 Å². The van der Waals surface area contributed by atoms with E-state index in [1.165, 1.54) is 16.4 Å². The molecule has 0 bridgehead atoms. The van der Waals surface area contributed by atoms with Gasteiger partial charge in [-0.25, -0.2) is 13.2 Å². The number of piperazine rings is 1. The van der Waals surface area contributed by atoms with E-state index in [0.717, 1.165) is 0 Å². The van der Waals surface area contributed by atoms with E-state index in [1.807, 2.05) is 7.05 Å². The van der Waals surface area contributed by atoms with Crippen molar-refractivity contribution >= 4 is 16.0 Å². The SMILES string of the molecule is CCOC(=O)c1cccc(S(=O)(=O)N2CCN(C)CC2)c1. The summed E-state index contributed by atoms with van der Waals surface area (Å²) in [6.07, 6.45) is 0. The van der Waals surface area contributed by atoms with Crippen molar-refractivity contribution in [3.05, 3.63) is 29.8 Å². The van der Waals surface area contributed by atoms with Gasteiger partial charge in [0.15, 0.2) is 0 Å². The average Bonchev–Trinajstić information content (AvgIpc) is 2.48. The Morgan fingerprint density at radius 3 is 2.52 bits per heavy atom. The zero-order valence-electron chi connectivity index (χ0n) is 12.3. The quantitative estimate of drug-likeness (QED) is 0.769. The average molecular weight is 312 g/mol. The molecule has 1 aliphatic heterocycles. The maximum Gasteiger partial charge on any atom is 0.338 e. The third-order valence-electron chi connectivity index (χ3n) is 3.45. The first-order valence-corrected chi connectivity index (χ1v) is 8.35. The monoisotopic (exact) mass is 312 g/mol. The lowest BCUT2D eigenvalue weighted by Crippen LogP contribution is -2.47. The first-order chi connectivity index (χ1) is 9.95. The molecule has 0 radical (unpaired) electrons. The number of likely N-dealkylation sites (N-methyl/N-ethyl adjacent to an activating group) is 1. The van der Waals surface area contributed by atoms with E-state index in [9.17, 15) is 13.2 Å². The molecule has 0 aromatic heterocycles. The van der Waals surface area contributed by atoms with E-state index in [-0.39, 0.29) is 17.1 Å². The highest BCUT2D eigenvalue weighted by atomic mass is 32.2. The van der Waals surface area contributed by atoms with Crippen LogP contribution in [0.2, 0.25) is 0 Å². The van der Waals surface area contributed by atoms with Gasteiger partial charge in [-0.15, -0.1) is 0 Å². The Balaban J connectivity index is 2.24. The summed E-state index contributed by atoms with van der Waals surface area (Å²) in [6, 6.07) is 6.01. The van der Waals surface area contributed by atoms with Gasteiger partial charge < -0.3 is 9.64 Å². The Morgan fingerprint density at radius 1 is 1.24 bits per heavy atom. The second kappa shape index (κ2) is 6.55. The fourth-order valence-corrected chi connectivity index (χ4v) is 3.64. The number of hydrogen-bond donors (Lipinski definition) is 0. The molecule has 0 unspecified atom stereocenters. The largest absolute Gasteiger partial charge is 0.462 e. The standard InChI is InChI=1S/C14H20N2O4S/c1-3-20-14(17)12-5-4-6-13(11-12)21(18,19)16-9-7-15(2)8-10-16/h4-6,11H,3,7-10H2,1-2H3. The summed E-state index contributed by atoms with van der Waals surface area (Å²) < 4.78 is 31.5. The van der Waals surface area contributed by atoms with Crippen molar-refractivity contribution in [2.45, 2.75) is 11.8 Å². The summed E-state index contributed by atoms with van der Waals surface area (Å²) in [5.41, 5.74) is 0.257. The van der Waals surface area contributed by atoms with Crippen molar-refractivity contribution in [2.75, 3.05) is 39.8 Å². The molecule has 0 atom stereocenters. The van der Waals surface area contributed by atoms with Gasteiger partial charge in [-0.2, -0.15) is 4.31 Å². The number of nitrogens with zero attached hydrogens (tertiary/aromatic N) is 2. The van der Waals surface area contributed by atoms with Gasteiger partial charge in [0.1, 0.15) is 0 Å². The Morgan fingerprint density at radius 2 is 1.90 bits per heavy atom. The van der Waals surface area contributed by atoms with Gasteiger partial charge >= 0.3 is 5.97 Å². The third-order valence-corrected chi connectivity index (χ3v) is 5.34. The fraction of sp³-hybridized carbons (Fsp3) is 0.500. The van der Waals surface area contributed by atoms with E-state index >= 15 is 0 Å². The Labute approximate surface area is 125 Å². The lowest BCUT2D eigenvalue weighted by Gasteiger charge is -2.31. The van der Waals surface area contributed by atoms with E-state index in [1.54, 1.807) is 19.1 Å². The topological polar surface area (TPSA) is 66.9 Å².